The number of aliphatic hydroxyl groups is 1. The van der Waals surface area contributed by atoms with Crippen LogP contribution >= 0.6 is 0 Å². The van der Waals surface area contributed by atoms with Crippen molar-refractivity contribution in [3.8, 4) is 0 Å². The van der Waals surface area contributed by atoms with Gasteiger partial charge < -0.3 is 9.84 Å². The Morgan fingerprint density at radius 2 is 2.10 bits per heavy atom. The Kier molecular flexibility index (Phi) is 4.66. The third-order valence-electron chi connectivity index (χ3n) is 5.31. The molecular formula is C19H28O2. The molecule has 0 radical (unpaired) electrons. The predicted molar refractivity (Wildman–Crippen MR) is 85.4 cm³/mol. The summed E-state index contributed by atoms with van der Waals surface area (Å²) in [6, 6.07) is 8.64. The number of benzene rings is 1. The van der Waals surface area contributed by atoms with Gasteiger partial charge in [0.25, 0.3) is 0 Å². The Morgan fingerprint density at radius 3 is 2.81 bits per heavy atom. The van der Waals surface area contributed by atoms with Crippen molar-refractivity contribution in [1.29, 1.82) is 0 Å². The first-order valence-corrected chi connectivity index (χ1v) is 8.53. The second-order valence-corrected chi connectivity index (χ2v) is 7.15. The Hall–Kier alpha value is -0.860. The monoisotopic (exact) mass is 288 g/mol. The molecule has 0 aromatic heterocycles. The summed E-state index contributed by atoms with van der Waals surface area (Å²) in [6.45, 7) is 2.39. The molecule has 0 bridgehead atoms. The van der Waals surface area contributed by atoms with E-state index < -0.39 is 0 Å². The van der Waals surface area contributed by atoms with Crippen LogP contribution in [0.5, 0.6) is 0 Å². The van der Waals surface area contributed by atoms with Crippen LogP contribution in [0.3, 0.4) is 0 Å². The number of hydrogen-bond donors (Lipinski definition) is 1. The van der Waals surface area contributed by atoms with Crippen molar-refractivity contribution in [1.82, 2.24) is 0 Å². The molecule has 2 nitrogen and oxygen atoms in total. The number of aryl methyl sites for hydroxylation is 1. The molecule has 2 fully saturated rings. The third-order valence-corrected chi connectivity index (χ3v) is 5.31. The number of rotatable bonds is 5. The molecule has 1 aliphatic heterocycles. The number of ether oxygens (including phenoxy) is 1. The molecule has 1 heterocycles. The molecule has 1 N–H and O–H groups in total. The summed E-state index contributed by atoms with van der Waals surface area (Å²) in [5, 5.41) is 9.72. The average molecular weight is 288 g/mol. The van der Waals surface area contributed by atoms with Crippen LogP contribution in [0.2, 0.25) is 0 Å². The van der Waals surface area contributed by atoms with E-state index in [4.69, 9.17) is 4.74 Å². The van der Waals surface area contributed by atoms with Gasteiger partial charge in [-0.25, -0.2) is 0 Å². The van der Waals surface area contributed by atoms with Gasteiger partial charge in [-0.2, -0.15) is 0 Å². The molecule has 1 aromatic carbocycles. The first-order valence-electron chi connectivity index (χ1n) is 8.53. The lowest BCUT2D eigenvalue weighted by molar-refractivity contribution is -0.0466. The maximum Gasteiger partial charge on any atom is 0.0687 e. The maximum absolute atomic E-state index is 9.72. The van der Waals surface area contributed by atoms with Gasteiger partial charge in [0.2, 0.25) is 0 Å². The smallest absolute Gasteiger partial charge is 0.0687 e. The summed E-state index contributed by atoms with van der Waals surface area (Å²) in [4.78, 5) is 0. The van der Waals surface area contributed by atoms with Gasteiger partial charge in [0.15, 0.2) is 0 Å². The summed E-state index contributed by atoms with van der Waals surface area (Å²) in [5.41, 5.74) is 2.85. The molecule has 116 valence electrons. The molecule has 2 unspecified atom stereocenters. The fraction of sp³-hybridized carbons (Fsp3) is 0.684. The number of aliphatic hydroxyl groups excluding tert-OH is 1. The number of hydrogen-bond acceptors (Lipinski definition) is 2. The van der Waals surface area contributed by atoms with Crippen molar-refractivity contribution >= 4 is 0 Å². The van der Waals surface area contributed by atoms with Gasteiger partial charge in [-0.15, -0.1) is 0 Å². The minimum absolute atomic E-state index is 0.216. The summed E-state index contributed by atoms with van der Waals surface area (Å²) in [6.07, 6.45) is 9.93. The largest absolute Gasteiger partial charge is 0.396 e. The van der Waals surface area contributed by atoms with Gasteiger partial charge in [-0.3, -0.25) is 0 Å². The van der Waals surface area contributed by atoms with Crippen LogP contribution in [0, 0.1) is 12.8 Å². The molecule has 2 atom stereocenters. The van der Waals surface area contributed by atoms with E-state index >= 15 is 0 Å². The van der Waals surface area contributed by atoms with E-state index in [2.05, 4.69) is 31.2 Å². The van der Waals surface area contributed by atoms with E-state index in [0.29, 0.717) is 12.0 Å². The van der Waals surface area contributed by atoms with E-state index in [0.717, 1.165) is 12.8 Å². The summed E-state index contributed by atoms with van der Waals surface area (Å²) in [7, 11) is 0. The lowest BCUT2D eigenvalue weighted by Crippen LogP contribution is -2.26. The highest BCUT2D eigenvalue weighted by molar-refractivity contribution is 5.22. The molecule has 21 heavy (non-hydrogen) atoms. The summed E-state index contributed by atoms with van der Waals surface area (Å²) >= 11 is 0. The molecular weight excluding hydrogens is 260 g/mol. The molecule has 2 aliphatic rings. The van der Waals surface area contributed by atoms with Gasteiger partial charge >= 0.3 is 0 Å². The van der Waals surface area contributed by atoms with Gasteiger partial charge in [0.05, 0.1) is 11.7 Å². The van der Waals surface area contributed by atoms with Gasteiger partial charge in [-0.05, 0) is 56.9 Å². The lowest BCUT2D eigenvalue weighted by atomic mass is 9.92. The second-order valence-electron chi connectivity index (χ2n) is 7.15. The maximum atomic E-state index is 9.72. The minimum atomic E-state index is 0.216. The van der Waals surface area contributed by atoms with E-state index in [9.17, 15) is 5.11 Å². The fourth-order valence-corrected chi connectivity index (χ4v) is 4.22. The quantitative estimate of drug-likeness (QED) is 0.886. The van der Waals surface area contributed by atoms with Crippen LogP contribution in [0.25, 0.3) is 0 Å². The van der Waals surface area contributed by atoms with Crippen LogP contribution in [0.1, 0.15) is 56.1 Å². The highest BCUT2D eigenvalue weighted by atomic mass is 16.5. The van der Waals surface area contributed by atoms with Crippen LogP contribution in [-0.2, 0) is 11.2 Å². The van der Waals surface area contributed by atoms with Crippen molar-refractivity contribution in [2.24, 2.45) is 5.92 Å². The Labute approximate surface area is 128 Å². The zero-order valence-corrected chi connectivity index (χ0v) is 13.2. The zero-order chi connectivity index (χ0) is 14.7. The highest BCUT2D eigenvalue weighted by Crippen LogP contribution is 2.44. The molecule has 2 heteroatoms. The molecule has 0 amide bonds. The molecule has 1 saturated carbocycles. The lowest BCUT2D eigenvalue weighted by Gasteiger charge is -2.25. The summed E-state index contributed by atoms with van der Waals surface area (Å²) in [5.74, 6) is 0.327. The Morgan fingerprint density at radius 1 is 1.29 bits per heavy atom. The molecule has 1 aliphatic carbocycles. The Bertz CT molecular complexity index is 462. The standard InChI is InChI=1S/C19H28O2/c1-15-5-4-6-16(11-15)12-17(14-20)13-18-7-10-19(21-18)8-2-3-9-19/h4-6,11,17-18,20H,2-3,7-10,12-14H2,1H3. The van der Waals surface area contributed by atoms with Crippen LogP contribution < -0.4 is 0 Å². The second kappa shape index (κ2) is 6.50. The van der Waals surface area contributed by atoms with Crippen molar-refractivity contribution < 1.29 is 9.84 Å². The molecule has 3 rings (SSSR count). The normalized spacial score (nSPS) is 25.5. The third kappa shape index (κ3) is 3.67. The van der Waals surface area contributed by atoms with E-state index in [1.165, 1.54) is 49.7 Å². The van der Waals surface area contributed by atoms with Crippen LogP contribution in [-0.4, -0.2) is 23.4 Å². The predicted octanol–water partition coefficient (Wildman–Crippen LogP) is 4.03. The van der Waals surface area contributed by atoms with E-state index in [1.54, 1.807) is 0 Å². The zero-order valence-electron chi connectivity index (χ0n) is 13.2. The SMILES string of the molecule is Cc1cccc(CC(CO)CC2CCC3(CCCC3)O2)c1. The average Bonchev–Trinajstić information content (AvgIpc) is 3.09. The highest BCUT2D eigenvalue weighted by Gasteiger charge is 2.42. The van der Waals surface area contributed by atoms with E-state index in [-0.39, 0.29) is 12.2 Å². The van der Waals surface area contributed by atoms with Gasteiger partial charge in [0.1, 0.15) is 0 Å². The van der Waals surface area contributed by atoms with Crippen molar-refractivity contribution in [2.75, 3.05) is 6.61 Å². The van der Waals surface area contributed by atoms with Crippen LogP contribution in [0.15, 0.2) is 24.3 Å². The van der Waals surface area contributed by atoms with Crippen LogP contribution in [0.4, 0.5) is 0 Å². The Balaban J connectivity index is 1.55. The molecule has 1 spiro atoms. The minimum Gasteiger partial charge on any atom is -0.396 e. The first-order chi connectivity index (χ1) is 10.2. The van der Waals surface area contributed by atoms with Crippen molar-refractivity contribution in [2.45, 2.75) is 70.0 Å². The van der Waals surface area contributed by atoms with Crippen molar-refractivity contribution in [3.63, 3.8) is 0 Å². The van der Waals surface area contributed by atoms with Gasteiger partial charge in [0, 0.05) is 6.61 Å². The van der Waals surface area contributed by atoms with Crippen molar-refractivity contribution in [3.05, 3.63) is 35.4 Å². The molecule has 1 aromatic rings. The summed E-state index contributed by atoms with van der Waals surface area (Å²) < 4.78 is 6.39. The molecule has 1 saturated heterocycles. The van der Waals surface area contributed by atoms with Gasteiger partial charge in [-0.1, -0.05) is 42.7 Å². The topological polar surface area (TPSA) is 29.5 Å². The van der Waals surface area contributed by atoms with E-state index in [1.807, 2.05) is 0 Å². The first kappa shape index (κ1) is 15.1. The fourth-order valence-electron chi connectivity index (χ4n) is 4.22.